The van der Waals surface area contributed by atoms with Crippen molar-refractivity contribution in [3.05, 3.63) is 51.5 Å². The van der Waals surface area contributed by atoms with Crippen LogP contribution >= 0.6 is 34.4 Å². The third-order valence-electron chi connectivity index (χ3n) is 5.64. The van der Waals surface area contributed by atoms with Gasteiger partial charge < -0.3 is 5.32 Å². The van der Waals surface area contributed by atoms with Gasteiger partial charge in [0.25, 0.3) is 0 Å². The van der Waals surface area contributed by atoms with Crippen molar-refractivity contribution in [3.8, 4) is 22.6 Å². The molecule has 0 aliphatic heterocycles. The van der Waals surface area contributed by atoms with Crippen LogP contribution in [-0.4, -0.2) is 31.4 Å². The molecule has 4 aromatic rings. The number of carbonyl (C=O) groups is 1. The fraction of sp³-hybridized carbons (Fsp3) is 0.333. The molecule has 1 N–H and O–H groups in total. The summed E-state index contributed by atoms with van der Waals surface area (Å²) < 4.78 is 2.16. The molecular formula is C24H25N5OS3. The van der Waals surface area contributed by atoms with Gasteiger partial charge >= 0.3 is 0 Å². The van der Waals surface area contributed by atoms with Crippen molar-refractivity contribution in [1.29, 1.82) is 0 Å². The van der Waals surface area contributed by atoms with Crippen LogP contribution < -0.4 is 5.32 Å². The Balaban J connectivity index is 1.28. The summed E-state index contributed by atoms with van der Waals surface area (Å²) in [6.07, 6.45) is 4.78. The molecule has 170 valence electrons. The number of thiophene rings is 1. The Morgan fingerprint density at radius 2 is 1.94 bits per heavy atom. The van der Waals surface area contributed by atoms with E-state index in [1.807, 2.05) is 47.0 Å². The predicted molar refractivity (Wildman–Crippen MR) is 137 cm³/mol. The SMILES string of the molecule is CC(C)n1c(SCC(=O)Nc2nc(-c3ccccc3)cs2)nnc1-c1csc2c1CCCC2. The highest BCUT2D eigenvalue weighted by atomic mass is 32.2. The molecule has 0 fully saturated rings. The van der Waals surface area contributed by atoms with Crippen LogP contribution in [0.3, 0.4) is 0 Å². The average Bonchev–Trinajstić information content (AvgIpc) is 3.56. The Kier molecular flexibility index (Phi) is 6.62. The van der Waals surface area contributed by atoms with E-state index in [4.69, 9.17) is 0 Å². The third kappa shape index (κ3) is 4.76. The number of anilines is 1. The third-order valence-corrected chi connectivity index (χ3v) is 8.43. The smallest absolute Gasteiger partial charge is 0.236 e. The van der Waals surface area contributed by atoms with Crippen molar-refractivity contribution < 1.29 is 4.79 Å². The lowest BCUT2D eigenvalue weighted by atomic mass is 9.95. The van der Waals surface area contributed by atoms with Gasteiger partial charge in [-0.1, -0.05) is 42.1 Å². The summed E-state index contributed by atoms with van der Waals surface area (Å²) in [5, 5.41) is 17.5. The van der Waals surface area contributed by atoms with E-state index in [0.717, 1.165) is 28.7 Å². The van der Waals surface area contributed by atoms with Gasteiger partial charge in [0.1, 0.15) is 0 Å². The minimum atomic E-state index is -0.0956. The van der Waals surface area contributed by atoms with Crippen LogP contribution in [0.2, 0.25) is 0 Å². The first kappa shape index (κ1) is 22.3. The van der Waals surface area contributed by atoms with Crippen LogP contribution in [0.5, 0.6) is 0 Å². The zero-order valence-electron chi connectivity index (χ0n) is 18.6. The maximum Gasteiger partial charge on any atom is 0.236 e. The number of carbonyl (C=O) groups excluding carboxylic acids is 1. The van der Waals surface area contributed by atoms with Gasteiger partial charge in [0.15, 0.2) is 16.1 Å². The minimum Gasteiger partial charge on any atom is -0.301 e. The number of nitrogens with zero attached hydrogens (tertiary/aromatic N) is 4. The largest absolute Gasteiger partial charge is 0.301 e. The van der Waals surface area contributed by atoms with Crippen LogP contribution in [0.1, 0.15) is 43.2 Å². The summed E-state index contributed by atoms with van der Waals surface area (Å²) in [5.41, 5.74) is 4.56. The molecule has 3 aromatic heterocycles. The van der Waals surface area contributed by atoms with Crippen molar-refractivity contribution in [2.24, 2.45) is 0 Å². The summed E-state index contributed by atoms with van der Waals surface area (Å²) in [7, 11) is 0. The number of hydrogen-bond donors (Lipinski definition) is 1. The fourth-order valence-electron chi connectivity index (χ4n) is 4.06. The summed E-state index contributed by atoms with van der Waals surface area (Å²) in [6, 6.07) is 10.2. The zero-order valence-corrected chi connectivity index (χ0v) is 21.0. The number of rotatable bonds is 7. The van der Waals surface area contributed by atoms with Crippen LogP contribution in [-0.2, 0) is 17.6 Å². The van der Waals surface area contributed by atoms with E-state index in [-0.39, 0.29) is 17.7 Å². The highest BCUT2D eigenvalue weighted by molar-refractivity contribution is 7.99. The van der Waals surface area contributed by atoms with Gasteiger partial charge in [-0.3, -0.25) is 9.36 Å². The number of thioether (sulfide) groups is 1. The minimum absolute atomic E-state index is 0.0956. The quantitative estimate of drug-likeness (QED) is 0.304. The van der Waals surface area contributed by atoms with Gasteiger partial charge in [-0.15, -0.1) is 32.9 Å². The van der Waals surface area contributed by atoms with E-state index in [2.05, 4.69) is 44.3 Å². The van der Waals surface area contributed by atoms with Gasteiger partial charge in [-0.2, -0.15) is 0 Å². The number of benzene rings is 1. The van der Waals surface area contributed by atoms with Crippen molar-refractivity contribution >= 4 is 45.5 Å². The number of thiazole rings is 1. The van der Waals surface area contributed by atoms with Gasteiger partial charge in [0.2, 0.25) is 5.91 Å². The van der Waals surface area contributed by atoms with E-state index in [1.54, 1.807) is 0 Å². The molecule has 0 radical (unpaired) electrons. The molecule has 1 amide bonds. The van der Waals surface area contributed by atoms with Gasteiger partial charge in [0, 0.05) is 32.8 Å². The molecule has 3 heterocycles. The van der Waals surface area contributed by atoms with E-state index >= 15 is 0 Å². The van der Waals surface area contributed by atoms with Crippen LogP contribution in [0.4, 0.5) is 5.13 Å². The van der Waals surface area contributed by atoms with E-state index in [0.29, 0.717) is 5.13 Å². The number of nitrogens with one attached hydrogen (secondary N) is 1. The second kappa shape index (κ2) is 9.79. The van der Waals surface area contributed by atoms with E-state index < -0.39 is 0 Å². The average molecular weight is 496 g/mol. The van der Waals surface area contributed by atoms with Crippen LogP contribution in [0, 0.1) is 0 Å². The molecule has 1 aliphatic rings. The molecule has 0 saturated heterocycles. The van der Waals surface area contributed by atoms with Gasteiger partial charge in [-0.25, -0.2) is 4.98 Å². The number of fused-ring (bicyclic) bond motifs is 1. The molecule has 33 heavy (non-hydrogen) atoms. The fourth-order valence-corrected chi connectivity index (χ4v) is 6.79. The lowest BCUT2D eigenvalue weighted by molar-refractivity contribution is -0.113. The van der Waals surface area contributed by atoms with Crippen molar-refractivity contribution in [2.75, 3.05) is 11.1 Å². The Morgan fingerprint density at radius 3 is 2.76 bits per heavy atom. The number of aromatic nitrogens is 4. The van der Waals surface area contributed by atoms with Crippen molar-refractivity contribution in [3.63, 3.8) is 0 Å². The lowest BCUT2D eigenvalue weighted by Crippen LogP contribution is -2.15. The van der Waals surface area contributed by atoms with Gasteiger partial charge in [0.05, 0.1) is 11.4 Å². The normalized spacial score (nSPS) is 13.3. The highest BCUT2D eigenvalue weighted by Crippen LogP contribution is 2.38. The summed E-state index contributed by atoms with van der Waals surface area (Å²) >= 11 is 4.69. The van der Waals surface area contributed by atoms with E-state index in [1.165, 1.54) is 58.4 Å². The van der Waals surface area contributed by atoms with Crippen LogP contribution in [0.25, 0.3) is 22.6 Å². The topological polar surface area (TPSA) is 72.7 Å². The molecule has 0 atom stereocenters. The molecule has 6 nitrogen and oxygen atoms in total. The van der Waals surface area contributed by atoms with Crippen LogP contribution in [0.15, 0.2) is 46.2 Å². The van der Waals surface area contributed by atoms with Gasteiger partial charge in [-0.05, 0) is 45.1 Å². The standard InChI is InChI=1S/C24H25N5OS3/c1-15(2)29-22(18-12-31-20-11-7-6-10-17(18)20)27-28-24(29)33-14-21(30)26-23-25-19(13-32-23)16-8-4-3-5-9-16/h3-5,8-9,12-13,15H,6-7,10-11,14H2,1-2H3,(H,25,26,30). The maximum atomic E-state index is 12.6. The first-order valence-corrected chi connectivity index (χ1v) is 13.8. The molecule has 5 rings (SSSR count). The highest BCUT2D eigenvalue weighted by Gasteiger charge is 2.23. The Morgan fingerprint density at radius 1 is 1.12 bits per heavy atom. The summed E-state index contributed by atoms with van der Waals surface area (Å²) in [4.78, 5) is 18.7. The molecule has 9 heteroatoms. The molecule has 1 aliphatic carbocycles. The summed E-state index contributed by atoms with van der Waals surface area (Å²) in [5.74, 6) is 1.08. The Bertz CT molecular complexity index is 1260. The first-order chi connectivity index (χ1) is 16.1. The second-order valence-corrected chi connectivity index (χ2v) is 11.0. The molecule has 0 bridgehead atoms. The maximum absolute atomic E-state index is 12.6. The molecule has 1 aromatic carbocycles. The number of hydrogen-bond acceptors (Lipinski definition) is 7. The number of amides is 1. The Labute approximate surface area is 205 Å². The number of aryl methyl sites for hydroxylation is 1. The molecule has 0 unspecified atom stereocenters. The first-order valence-electron chi connectivity index (χ1n) is 11.1. The summed E-state index contributed by atoms with van der Waals surface area (Å²) in [6.45, 7) is 4.27. The molecule has 0 saturated carbocycles. The zero-order chi connectivity index (χ0) is 22.8. The van der Waals surface area contributed by atoms with Crippen molar-refractivity contribution in [2.45, 2.75) is 50.7 Å². The Hall–Kier alpha value is -2.49. The lowest BCUT2D eigenvalue weighted by Gasteiger charge is -2.16. The van der Waals surface area contributed by atoms with E-state index in [9.17, 15) is 4.79 Å². The molecule has 0 spiro atoms. The monoisotopic (exact) mass is 495 g/mol. The molecular weight excluding hydrogens is 470 g/mol. The second-order valence-electron chi connectivity index (χ2n) is 8.27. The predicted octanol–water partition coefficient (Wildman–Crippen LogP) is 6.32. The van der Waals surface area contributed by atoms with Crippen molar-refractivity contribution in [1.82, 2.24) is 19.7 Å².